The number of anilines is 2. The summed E-state index contributed by atoms with van der Waals surface area (Å²) in [6, 6.07) is 11.7. The molecule has 0 saturated carbocycles. The Labute approximate surface area is 187 Å². The van der Waals surface area contributed by atoms with E-state index >= 15 is 0 Å². The van der Waals surface area contributed by atoms with Gasteiger partial charge in [0, 0.05) is 35.3 Å². The van der Waals surface area contributed by atoms with Crippen LogP contribution < -0.4 is 10.2 Å². The first-order valence-electron chi connectivity index (χ1n) is 9.98. The average molecular weight is 452 g/mol. The maximum Gasteiger partial charge on any atom is 0.276 e. The molecule has 31 heavy (non-hydrogen) atoms. The lowest BCUT2D eigenvalue weighted by Crippen LogP contribution is -2.36. The first kappa shape index (κ1) is 19.9. The molecule has 1 amide bonds. The van der Waals surface area contributed by atoms with Crippen molar-refractivity contribution >= 4 is 39.4 Å². The number of ether oxygens (including phenoxy) is 1. The Hall–Kier alpha value is -3.01. The fourth-order valence-corrected chi connectivity index (χ4v) is 5.16. The quantitative estimate of drug-likeness (QED) is 0.461. The fraction of sp³-hybridized carbons (Fsp3) is 0.227. The minimum atomic E-state index is -0.229. The number of rotatable bonds is 5. The highest BCUT2D eigenvalue weighted by molar-refractivity contribution is 7.14. The molecular formula is C22H21N5O2S2. The van der Waals surface area contributed by atoms with Gasteiger partial charge in [-0.3, -0.25) is 9.89 Å². The summed E-state index contributed by atoms with van der Waals surface area (Å²) in [7, 11) is 0. The number of hydrogen-bond acceptors (Lipinski definition) is 7. The summed E-state index contributed by atoms with van der Waals surface area (Å²) in [4.78, 5) is 20.8. The van der Waals surface area contributed by atoms with Gasteiger partial charge in [-0.2, -0.15) is 5.10 Å². The molecule has 0 atom stereocenters. The van der Waals surface area contributed by atoms with E-state index in [1.165, 1.54) is 0 Å². The number of carbonyl (C=O) groups excluding carboxylic acids is 1. The van der Waals surface area contributed by atoms with Gasteiger partial charge < -0.3 is 15.0 Å². The summed E-state index contributed by atoms with van der Waals surface area (Å²) in [5.74, 6) is -0.229. The molecule has 5 rings (SSSR count). The van der Waals surface area contributed by atoms with Gasteiger partial charge in [0.05, 0.1) is 29.5 Å². The van der Waals surface area contributed by atoms with E-state index in [0.717, 1.165) is 64.5 Å². The van der Waals surface area contributed by atoms with Crippen LogP contribution in [0.1, 0.15) is 16.1 Å². The van der Waals surface area contributed by atoms with Crippen molar-refractivity contribution in [3.63, 3.8) is 0 Å². The first-order chi connectivity index (χ1) is 15.2. The molecule has 2 N–H and O–H groups in total. The van der Waals surface area contributed by atoms with Gasteiger partial charge in [-0.05, 0) is 30.5 Å². The van der Waals surface area contributed by atoms with Crippen LogP contribution in [0.25, 0.3) is 21.8 Å². The van der Waals surface area contributed by atoms with E-state index in [4.69, 9.17) is 9.72 Å². The third kappa shape index (κ3) is 4.12. The number of aromatic nitrogens is 3. The van der Waals surface area contributed by atoms with E-state index < -0.39 is 0 Å². The summed E-state index contributed by atoms with van der Waals surface area (Å²) in [5, 5.41) is 15.2. The molecule has 4 aromatic rings. The van der Waals surface area contributed by atoms with E-state index in [1.807, 2.05) is 48.7 Å². The van der Waals surface area contributed by atoms with Crippen molar-refractivity contribution in [2.75, 3.05) is 36.5 Å². The minimum Gasteiger partial charge on any atom is -0.378 e. The molecule has 0 aliphatic carbocycles. The molecule has 9 heteroatoms. The molecule has 0 radical (unpaired) electrons. The minimum absolute atomic E-state index is 0.229. The van der Waals surface area contributed by atoms with Crippen LogP contribution in [0.15, 0.2) is 47.2 Å². The Balaban J connectivity index is 1.28. The molecule has 1 saturated heterocycles. The molecule has 1 fully saturated rings. The number of thiophene rings is 1. The third-order valence-corrected chi connectivity index (χ3v) is 6.99. The lowest BCUT2D eigenvalue weighted by Gasteiger charge is -2.26. The zero-order valence-electron chi connectivity index (χ0n) is 16.9. The molecule has 1 aliphatic rings. The first-order valence-corrected chi connectivity index (χ1v) is 11.7. The average Bonchev–Trinajstić information content (AvgIpc) is 3.56. The number of morpholine rings is 1. The van der Waals surface area contributed by atoms with Crippen LogP contribution in [0.3, 0.4) is 0 Å². The van der Waals surface area contributed by atoms with Crippen LogP contribution in [-0.2, 0) is 4.74 Å². The molecule has 0 unspecified atom stereocenters. The van der Waals surface area contributed by atoms with E-state index in [2.05, 4.69) is 25.8 Å². The molecule has 158 valence electrons. The Morgan fingerprint density at radius 2 is 1.97 bits per heavy atom. The van der Waals surface area contributed by atoms with Gasteiger partial charge in [-0.25, -0.2) is 4.98 Å². The van der Waals surface area contributed by atoms with Gasteiger partial charge in [0.1, 0.15) is 0 Å². The van der Waals surface area contributed by atoms with Crippen molar-refractivity contribution in [2.24, 2.45) is 0 Å². The van der Waals surface area contributed by atoms with Crippen molar-refractivity contribution in [2.45, 2.75) is 6.92 Å². The van der Waals surface area contributed by atoms with Crippen molar-refractivity contribution in [1.82, 2.24) is 15.2 Å². The summed E-state index contributed by atoms with van der Waals surface area (Å²) in [5.41, 5.74) is 4.81. The van der Waals surface area contributed by atoms with Gasteiger partial charge in [0.2, 0.25) is 0 Å². The largest absolute Gasteiger partial charge is 0.378 e. The molecule has 4 heterocycles. The zero-order valence-corrected chi connectivity index (χ0v) is 18.6. The maximum absolute atomic E-state index is 12.7. The molecule has 1 aromatic carbocycles. The summed E-state index contributed by atoms with van der Waals surface area (Å²) >= 11 is 3.26. The Morgan fingerprint density at radius 3 is 2.71 bits per heavy atom. The lowest BCUT2D eigenvalue weighted by molar-refractivity contribution is 0.102. The second-order valence-electron chi connectivity index (χ2n) is 7.20. The lowest BCUT2D eigenvalue weighted by atomic mass is 10.1. The summed E-state index contributed by atoms with van der Waals surface area (Å²) in [6.07, 6.45) is 0. The number of thiazole rings is 1. The number of carbonyl (C=O) groups is 1. The second-order valence-corrected chi connectivity index (χ2v) is 8.98. The molecule has 0 bridgehead atoms. The van der Waals surface area contributed by atoms with Crippen molar-refractivity contribution in [3.05, 3.63) is 58.4 Å². The van der Waals surface area contributed by atoms with Gasteiger partial charge in [-0.15, -0.1) is 22.7 Å². The van der Waals surface area contributed by atoms with Crippen LogP contribution in [0.5, 0.6) is 0 Å². The molecule has 0 spiro atoms. The van der Waals surface area contributed by atoms with Crippen molar-refractivity contribution < 1.29 is 9.53 Å². The van der Waals surface area contributed by atoms with Gasteiger partial charge >= 0.3 is 0 Å². The molecule has 7 nitrogen and oxygen atoms in total. The molecule has 3 aromatic heterocycles. The van der Waals surface area contributed by atoms with Crippen LogP contribution in [-0.4, -0.2) is 47.4 Å². The van der Waals surface area contributed by atoms with Crippen LogP contribution in [0, 0.1) is 6.92 Å². The van der Waals surface area contributed by atoms with Crippen molar-refractivity contribution in [1.29, 1.82) is 0 Å². The van der Waals surface area contributed by atoms with E-state index in [-0.39, 0.29) is 5.91 Å². The third-order valence-electron chi connectivity index (χ3n) is 5.20. The summed E-state index contributed by atoms with van der Waals surface area (Å²) in [6.45, 7) is 5.14. The van der Waals surface area contributed by atoms with E-state index in [0.29, 0.717) is 5.69 Å². The van der Waals surface area contributed by atoms with E-state index in [1.54, 1.807) is 22.7 Å². The SMILES string of the molecule is Cc1c(C(=O)Nc2ccc(-c3csc(N4CCOCC4)n3)cc2)n[nH]c1-c1cccs1. The predicted octanol–water partition coefficient (Wildman–Crippen LogP) is 4.66. The molecular weight excluding hydrogens is 430 g/mol. The number of aromatic amines is 1. The van der Waals surface area contributed by atoms with Crippen LogP contribution in [0.4, 0.5) is 10.8 Å². The smallest absolute Gasteiger partial charge is 0.276 e. The number of amides is 1. The monoisotopic (exact) mass is 451 g/mol. The Kier molecular flexibility index (Phi) is 5.54. The zero-order chi connectivity index (χ0) is 21.2. The Morgan fingerprint density at radius 1 is 1.16 bits per heavy atom. The normalized spacial score (nSPS) is 14.0. The van der Waals surface area contributed by atoms with Crippen LogP contribution in [0.2, 0.25) is 0 Å². The van der Waals surface area contributed by atoms with E-state index in [9.17, 15) is 4.79 Å². The number of benzene rings is 1. The summed E-state index contributed by atoms with van der Waals surface area (Å²) < 4.78 is 5.41. The highest BCUT2D eigenvalue weighted by Crippen LogP contribution is 2.30. The van der Waals surface area contributed by atoms with Crippen LogP contribution >= 0.6 is 22.7 Å². The maximum atomic E-state index is 12.7. The Bertz CT molecular complexity index is 1180. The van der Waals surface area contributed by atoms with Crippen molar-refractivity contribution in [3.8, 4) is 21.8 Å². The number of hydrogen-bond donors (Lipinski definition) is 2. The van der Waals surface area contributed by atoms with Gasteiger partial charge in [-0.1, -0.05) is 18.2 Å². The predicted molar refractivity (Wildman–Crippen MR) is 125 cm³/mol. The van der Waals surface area contributed by atoms with Gasteiger partial charge in [0.25, 0.3) is 5.91 Å². The highest BCUT2D eigenvalue weighted by atomic mass is 32.1. The molecule has 1 aliphatic heterocycles. The second kappa shape index (κ2) is 8.62. The fourth-order valence-electron chi connectivity index (χ4n) is 3.49. The number of H-pyrrole nitrogens is 1. The number of nitrogens with zero attached hydrogens (tertiary/aromatic N) is 3. The van der Waals surface area contributed by atoms with Gasteiger partial charge in [0.15, 0.2) is 10.8 Å². The standard InChI is InChI=1S/C22H21N5O2S2/c1-14-19(18-3-2-12-30-18)25-26-20(14)21(28)23-16-6-4-15(5-7-16)17-13-31-22(24-17)27-8-10-29-11-9-27/h2-7,12-13H,8-11H2,1H3,(H,23,28)(H,25,26). The highest BCUT2D eigenvalue weighted by Gasteiger charge is 2.18. The topological polar surface area (TPSA) is 83.1 Å². The number of nitrogens with one attached hydrogen (secondary N) is 2.